The zero-order valence-corrected chi connectivity index (χ0v) is 13.9. The number of benzene rings is 2. The number of ether oxygens (including phenoxy) is 2. The van der Waals surface area contributed by atoms with E-state index in [1.807, 2.05) is 0 Å². The van der Waals surface area contributed by atoms with Gasteiger partial charge in [0.05, 0.1) is 12.2 Å². The minimum absolute atomic E-state index is 0.0539. The second-order valence-electron chi connectivity index (χ2n) is 6.36. The Labute approximate surface area is 153 Å². The first-order valence-electron chi connectivity index (χ1n) is 8.27. The van der Waals surface area contributed by atoms with Crippen molar-refractivity contribution in [2.45, 2.75) is 24.6 Å². The van der Waals surface area contributed by atoms with Crippen molar-refractivity contribution in [1.29, 1.82) is 0 Å². The molecule has 27 heavy (non-hydrogen) atoms. The molecule has 1 saturated heterocycles. The first-order chi connectivity index (χ1) is 12.9. The molecular weight excluding hydrogens is 356 g/mol. The number of carbonyl (C=O) groups excluding carboxylic acids is 2. The van der Waals surface area contributed by atoms with Crippen molar-refractivity contribution in [1.82, 2.24) is 0 Å². The van der Waals surface area contributed by atoms with Crippen LogP contribution in [0.15, 0.2) is 36.4 Å². The van der Waals surface area contributed by atoms with E-state index in [0.29, 0.717) is 0 Å². The normalized spacial score (nSPS) is 26.6. The minimum atomic E-state index is -1.51. The van der Waals surface area contributed by atoms with E-state index in [1.54, 1.807) is 12.1 Å². The van der Waals surface area contributed by atoms with Crippen LogP contribution in [0.1, 0.15) is 31.8 Å². The molecule has 1 heterocycles. The van der Waals surface area contributed by atoms with E-state index in [0.717, 1.165) is 0 Å². The summed E-state index contributed by atoms with van der Waals surface area (Å²) in [5.74, 6) is -1.66. The zero-order valence-electron chi connectivity index (χ0n) is 13.9. The third-order valence-corrected chi connectivity index (χ3v) is 4.76. The lowest BCUT2D eigenvalue weighted by Gasteiger charge is -2.23. The molecule has 2 aromatic carbocycles. The van der Waals surface area contributed by atoms with Gasteiger partial charge in [0.2, 0.25) is 6.29 Å². The monoisotopic (exact) mass is 372 g/mol. The van der Waals surface area contributed by atoms with Crippen LogP contribution in [0, 0.1) is 0 Å². The van der Waals surface area contributed by atoms with E-state index in [-0.39, 0.29) is 28.0 Å². The highest BCUT2D eigenvalue weighted by atomic mass is 16.7. The molecule has 2 aliphatic rings. The number of phenols is 1. The van der Waals surface area contributed by atoms with Crippen molar-refractivity contribution in [3.05, 3.63) is 58.7 Å². The highest BCUT2D eigenvalue weighted by molar-refractivity contribution is 6.29. The van der Waals surface area contributed by atoms with E-state index < -0.39 is 48.5 Å². The van der Waals surface area contributed by atoms with Gasteiger partial charge in [-0.25, -0.2) is 0 Å². The second kappa shape index (κ2) is 6.43. The van der Waals surface area contributed by atoms with Gasteiger partial charge in [-0.05, 0) is 12.1 Å². The fourth-order valence-corrected chi connectivity index (χ4v) is 3.34. The molecule has 0 bridgehead atoms. The highest BCUT2D eigenvalue weighted by Gasteiger charge is 2.45. The van der Waals surface area contributed by atoms with E-state index in [9.17, 15) is 30.0 Å². The molecule has 1 aliphatic carbocycles. The van der Waals surface area contributed by atoms with Crippen LogP contribution in [-0.2, 0) is 4.74 Å². The smallest absolute Gasteiger partial charge is 0.229 e. The number of rotatable bonds is 3. The van der Waals surface area contributed by atoms with Crippen molar-refractivity contribution < 1.29 is 39.5 Å². The average molecular weight is 372 g/mol. The maximum Gasteiger partial charge on any atom is 0.229 e. The fourth-order valence-electron chi connectivity index (χ4n) is 3.34. The summed E-state index contributed by atoms with van der Waals surface area (Å²) >= 11 is 0. The van der Waals surface area contributed by atoms with E-state index in [2.05, 4.69) is 0 Å². The number of aromatic hydroxyl groups is 1. The summed E-state index contributed by atoms with van der Waals surface area (Å²) in [5, 5.41) is 39.3. The van der Waals surface area contributed by atoms with E-state index >= 15 is 0 Å². The van der Waals surface area contributed by atoms with Crippen LogP contribution in [0.3, 0.4) is 0 Å². The van der Waals surface area contributed by atoms with Crippen molar-refractivity contribution >= 4 is 11.6 Å². The number of aliphatic hydroxyl groups excluding tert-OH is 3. The minimum Gasteiger partial charge on any atom is -0.504 e. The molecule has 1 aliphatic heterocycles. The largest absolute Gasteiger partial charge is 0.504 e. The average Bonchev–Trinajstić information content (AvgIpc) is 2.95. The van der Waals surface area contributed by atoms with E-state index in [4.69, 9.17) is 9.47 Å². The third-order valence-electron chi connectivity index (χ3n) is 4.76. The Balaban J connectivity index is 1.78. The molecule has 0 amide bonds. The van der Waals surface area contributed by atoms with Crippen molar-refractivity contribution in [3.8, 4) is 11.5 Å². The van der Waals surface area contributed by atoms with Crippen LogP contribution >= 0.6 is 0 Å². The SMILES string of the molecule is O=C1c2ccccc2C(=O)c2c1ccc(O)c2OC1O[C@H](CO)[C@H](O)[C@H]1O. The van der Waals surface area contributed by atoms with Crippen LogP contribution in [0.25, 0.3) is 0 Å². The number of fused-ring (bicyclic) bond motifs is 2. The van der Waals surface area contributed by atoms with Crippen LogP contribution < -0.4 is 4.74 Å². The fraction of sp³-hybridized carbons (Fsp3) is 0.263. The molecule has 8 nitrogen and oxygen atoms in total. The van der Waals surface area contributed by atoms with Crippen LogP contribution in [-0.4, -0.2) is 63.2 Å². The predicted molar refractivity (Wildman–Crippen MR) is 89.8 cm³/mol. The lowest BCUT2D eigenvalue weighted by atomic mass is 9.83. The molecule has 1 unspecified atom stereocenters. The topological polar surface area (TPSA) is 134 Å². The number of ketones is 2. The maximum atomic E-state index is 12.9. The van der Waals surface area contributed by atoms with Gasteiger partial charge in [-0.15, -0.1) is 0 Å². The van der Waals surface area contributed by atoms with Crippen LogP contribution in [0.2, 0.25) is 0 Å². The Morgan fingerprint density at radius 3 is 2.22 bits per heavy atom. The number of carbonyl (C=O) groups is 2. The molecule has 0 aromatic heterocycles. The summed E-state index contributed by atoms with van der Waals surface area (Å²) in [6.07, 6.45) is -5.43. The highest BCUT2D eigenvalue weighted by Crippen LogP contribution is 2.40. The van der Waals surface area contributed by atoms with Crippen molar-refractivity contribution in [3.63, 3.8) is 0 Å². The third kappa shape index (κ3) is 2.62. The second-order valence-corrected chi connectivity index (χ2v) is 6.36. The van der Waals surface area contributed by atoms with E-state index in [1.165, 1.54) is 24.3 Å². The summed E-state index contributed by atoms with van der Waals surface area (Å²) in [6.45, 7) is -0.554. The molecule has 4 N–H and O–H groups in total. The van der Waals surface area contributed by atoms with Crippen molar-refractivity contribution in [2.75, 3.05) is 6.61 Å². The summed E-state index contributed by atoms with van der Waals surface area (Å²) in [6, 6.07) is 8.83. The van der Waals surface area contributed by atoms with Gasteiger partial charge in [-0.2, -0.15) is 0 Å². The first kappa shape index (κ1) is 17.6. The maximum absolute atomic E-state index is 12.9. The molecule has 4 atom stereocenters. The zero-order chi connectivity index (χ0) is 19.3. The van der Waals surface area contributed by atoms with Gasteiger partial charge in [-0.1, -0.05) is 24.3 Å². The quantitative estimate of drug-likeness (QED) is 0.504. The van der Waals surface area contributed by atoms with Gasteiger partial charge in [0.15, 0.2) is 23.1 Å². The van der Waals surface area contributed by atoms with Gasteiger partial charge in [0, 0.05) is 16.7 Å². The van der Waals surface area contributed by atoms with Gasteiger partial charge < -0.3 is 29.9 Å². The molecule has 140 valence electrons. The molecular formula is C19H16O8. The van der Waals surface area contributed by atoms with Gasteiger partial charge in [0.1, 0.15) is 18.3 Å². The molecule has 0 radical (unpaired) electrons. The summed E-state index contributed by atoms with van der Waals surface area (Å²) in [7, 11) is 0. The lowest BCUT2D eigenvalue weighted by Crippen LogP contribution is -2.36. The van der Waals surface area contributed by atoms with Crippen molar-refractivity contribution in [2.24, 2.45) is 0 Å². The molecule has 0 saturated carbocycles. The van der Waals surface area contributed by atoms with Gasteiger partial charge in [-0.3, -0.25) is 9.59 Å². The molecule has 2 aromatic rings. The Bertz CT molecular complexity index is 937. The first-order valence-corrected chi connectivity index (χ1v) is 8.27. The predicted octanol–water partition coefficient (Wildman–Crippen LogP) is -0.0146. The Morgan fingerprint density at radius 1 is 0.926 bits per heavy atom. The molecule has 4 rings (SSSR count). The summed E-state index contributed by atoms with van der Waals surface area (Å²) in [4.78, 5) is 25.7. The van der Waals surface area contributed by atoms with Crippen LogP contribution in [0.5, 0.6) is 11.5 Å². The van der Waals surface area contributed by atoms with Gasteiger partial charge >= 0.3 is 0 Å². The number of hydrogen-bond donors (Lipinski definition) is 4. The standard InChI is InChI=1S/C19H16O8/c20-7-12-16(24)17(25)19(26-12)27-18-11(21)6-5-10-13(18)15(23)9-4-2-1-3-8(9)14(10)22/h1-6,12,16-17,19-21,24-25H,7H2/t12-,16+,17-,19?/m1/s1. The Kier molecular flexibility index (Phi) is 4.20. The molecule has 1 fully saturated rings. The van der Waals surface area contributed by atoms with Crippen LogP contribution in [0.4, 0.5) is 0 Å². The lowest BCUT2D eigenvalue weighted by molar-refractivity contribution is -0.117. The summed E-state index contributed by atoms with van der Waals surface area (Å²) < 4.78 is 10.7. The number of hydrogen-bond acceptors (Lipinski definition) is 8. The van der Waals surface area contributed by atoms with Gasteiger partial charge in [0.25, 0.3) is 0 Å². The molecule has 0 spiro atoms. The Morgan fingerprint density at radius 2 is 1.59 bits per heavy atom. The summed E-state index contributed by atoms with van der Waals surface area (Å²) in [5.41, 5.74) is 0.334. The number of phenolic OH excluding ortho intramolecular Hbond substituents is 1. The Hall–Kier alpha value is -2.78. The number of aliphatic hydroxyl groups is 3. The molecule has 8 heteroatoms.